The van der Waals surface area contributed by atoms with Crippen molar-refractivity contribution >= 4 is 0 Å². The monoisotopic (exact) mass is 286 g/mol. The Morgan fingerprint density at radius 3 is 2.90 bits per heavy atom. The Balaban J connectivity index is 1.55. The van der Waals surface area contributed by atoms with Crippen LogP contribution in [-0.4, -0.2) is 43.4 Å². The molecule has 21 heavy (non-hydrogen) atoms. The molecule has 1 atom stereocenters. The molecule has 2 saturated heterocycles. The fourth-order valence-corrected chi connectivity index (χ4v) is 3.42. The van der Waals surface area contributed by atoms with Gasteiger partial charge in [-0.1, -0.05) is 12.1 Å². The van der Waals surface area contributed by atoms with E-state index in [1.54, 1.807) is 7.11 Å². The third-order valence-corrected chi connectivity index (χ3v) is 4.74. The van der Waals surface area contributed by atoms with E-state index in [4.69, 9.17) is 14.7 Å². The first-order valence-electron chi connectivity index (χ1n) is 7.61. The number of nitrogens with zero attached hydrogens (tertiary/aromatic N) is 2. The highest BCUT2D eigenvalue weighted by Gasteiger charge is 2.42. The summed E-state index contributed by atoms with van der Waals surface area (Å²) in [6.45, 7) is 3.75. The van der Waals surface area contributed by atoms with Crippen molar-refractivity contribution in [3.05, 3.63) is 35.4 Å². The van der Waals surface area contributed by atoms with E-state index >= 15 is 0 Å². The van der Waals surface area contributed by atoms with E-state index in [0.717, 1.165) is 51.1 Å². The van der Waals surface area contributed by atoms with Gasteiger partial charge in [0.2, 0.25) is 0 Å². The van der Waals surface area contributed by atoms with Gasteiger partial charge in [0.1, 0.15) is 0 Å². The van der Waals surface area contributed by atoms with E-state index < -0.39 is 0 Å². The molecule has 4 heteroatoms. The van der Waals surface area contributed by atoms with Gasteiger partial charge in [0, 0.05) is 33.2 Å². The summed E-state index contributed by atoms with van der Waals surface area (Å²) in [5, 5.41) is 8.96. The van der Waals surface area contributed by atoms with Gasteiger partial charge >= 0.3 is 0 Å². The summed E-state index contributed by atoms with van der Waals surface area (Å²) in [7, 11) is 1.77. The summed E-state index contributed by atoms with van der Waals surface area (Å²) in [6, 6.07) is 10.1. The summed E-state index contributed by atoms with van der Waals surface area (Å²) < 4.78 is 11.4. The molecule has 0 radical (unpaired) electrons. The Morgan fingerprint density at radius 2 is 2.24 bits per heavy atom. The van der Waals surface area contributed by atoms with Crippen LogP contribution in [0, 0.1) is 11.3 Å². The molecule has 0 aromatic heterocycles. The van der Waals surface area contributed by atoms with Crippen molar-refractivity contribution in [2.75, 3.05) is 26.8 Å². The first kappa shape index (κ1) is 14.5. The Morgan fingerprint density at radius 1 is 1.43 bits per heavy atom. The maximum absolute atomic E-state index is 8.96. The third kappa shape index (κ3) is 3.26. The fourth-order valence-electron chi connectivity index (χ4n) is 3.42. The van der Waals surface area contributed by atoms with Crippen LogP contribution in [0.1, 0.15) is 30.4 Å². The van der Waals surface area contributed by atoms with E-state index in [9.17, 15) is 0 Å². The van der Waals surface area contributed by atoms with E-state index in [-0.39, 0.29) is 11.7 Å². The van der Waals surface area contributed by atoms with Gasteiger partial charge in [-0.25, -0.2) is 0 Å². The highest BCUT2D eigenvalue weighted by molar-refractivity contribution is 5.32. The molecule has 0 unspecified atom stereocenters. The lowest BCUT2D eigenvalue weighted by atomic mass is 9.88. The molecule has 0 amide bonds. The number of piperidine rings is 1. The van der Waals surface area contributed by atoms with Crippen molar-refractivity contribution < 1.29 is 9.47 Å². The minimum Gasteiger partial charge on any atom is -0.379 e. The van der Waals surface area contributed by atoms with Gasteiger partial charge in [-0.2, -0.15) is 5.26 Å². The lowest BCUT2D eigenvalue weighted by Gasteiger charge is -2.38. The number of hydrogen-bond donors (Lipinski definition) is 0. The smallest absolute Gasteiger partial charge is 0.0991 e. The minimum atomic E-state index is 0.0473. The zero-order chi connectivity index (χ0) is 14.7. The van der Waals surface area contributed by atoms with E-state index in [0.29, 0.717) is 0 Å². The number of ether oxygens (including phenoxy) is 2. The van der Waals surface area contributed by atoms with Crippen molar-refractivity contribution in [1.82, 2.24) is 4.90 Å². The predicted octanol–water partition coefficient (Wildman–Crippen LogP) is 2.33. The normalized spacial score (nSPS) is 25.0. The first-order valence-corrected chi connectivity index (χ1v) is 7.61. The number of nitriles is 1. The number of benzene rings is 1. The largest absolute Gasteiger partial charge is 0.379 e. The van der Waals surface area contributed by atoms with Crippen molar-refractivity contribution in [3.8, 4) is 6.07 Å². The van der Waals surface area contributed by atoms with Crippen LogP contribution in [-0.2, 0) is 16.0 Å². The Labute approximate surface area is 126 Å². The highest BCUT2D eigenvalue weighted by Crippen LogP contribution is 2.37. The molecule has 112 valence electrons. The maximum atomic E-state index is 8.96. The topological polar surface area (TPSA) is 45.5 Å². The molecule has 4 nitrogen and oxygen atoms in total. The Hall–Kier alpha value is -1.41. The Kier molecular flexibility index (Phi) is 4.25. The number of methoxy groups -OCH3 is 1. The summed E-state index contributed by atoms with van der Waals surface area (Å²) in [6.07, 6.45) is 3.44. The van der Waals surface area contributed by atoms with Gasteiger partial charge in [-0.05, 0) is 30.5 Å². The molecule has 0 N–H and O–H groups in total. The first-order chi connectivity index (χ1) is 10.2. The van der Waals surface area contributed by atoms with Crippen molar-refractivity contribution in [3.63, 3.8) is 0 Å². The zero-order valence-corrected chi connectivity index (χ0v) is 12.5. The molecule has 3 rings (SSSR count). The molecular weight excluding hydrogens is 264 g/mol. The second-order valence-electron chi connectivity index (χ2n) is 6.14. The lowest BCUT2D eigenvalue weighted by molar-refractivity contribution is -0.0460. The summed E-state index contributed by atoms with van der Waals surface area (Å²) in [4.78, 5) is 2.45. The molecule has 0 saturated carbocycles. The van der Waals surface area contributed by atoms with E-state index in [1.807, 2.05) is 18.2 Å². The molecular formula is C17H22N2O2. The predicted molar refractivity (Wildman–Crippen MR) is 79.8 cm³/mol. The molecule has 2 fully saturated rings. The third-order valence-electron chi connectivity index (χ3n) is 4.74. The molecule has 1 aromatic rings. The van der Waals surface area contributed by atoms with Crippen LogP contribution in [0.3, 0.4) is 0 Å². The summed E-state index contributed by atoms with van der Waals surface area (Å²) >= 11 is 0. The summed E-state index contributed by atoms with van der Waals surface area (Å²) in [5.74, 6) is 0. The van der Waals surface area contributed by atoms with Crippen LogP contribution >= 0.6 is 0 Å². The molecule has 1 aromatic carbocycles. The van der Waals surface area contributed by atoms with Gasteiger partial charge in [0.25, 0.3) is 0 Å². The van der Waals surface area contributed by atoms with Gasteiger partial charge in [0.15, 0.2) is 0 Å². The van der Waals surface area contributed by atoms with Crippen LogP contribution in [0.4, 0.5) is 0 Å². The number of rotatable bonds is 3. The lowest BCUT2D eigenvalue weighted by Crippen LogP contribution is -2.43. The van der Waals surface area contributed by atoms with Crippen LogP contribution in [0.25, 0.3) is 0 Å². The number of hydrogen-bond acceptors (Lipinski definition) is 4. The second-order valence-corrected chi connectivity index (χ2v) is 6.14. The minimum absolute atomic E-state index is 0.0473. The highest BCUT2D eigenvalue weighted by atomic mass is 16.6. The van der Waals surface area contributed by atoms with Gasteiger partial charge in [0.05, 0.1) is 29.9 Å². The average molecular weight is 286 g/mol. The Bertz CT molecular complexity index is 530. The van der Waals surface area contributed by atoms with Gasteiger partial charge < -0.3 is 9.47 Å². The SMILES string of the molecule is CO[C@H]1COC2(CCN(Cc3cccc(C#N)c3)CC2)C1. The molecule has 2 aliphatic rings. The van der Waals surface area contributed by atoms with Crippen molar-refractivity contribution in [1.29, 1.82) is 5.26 Å². The maximum Gasteiger partial charge on any atom is 0.0991 e. The van der Waals surface area contributed by atoms with E-state index in [2.05, 4.69) is 17.0 Å². The van der Waals surface area contributed by atoms with Crippen molar-refractivity contribution in [2.24, 2.45) is 0 Å². The van der Waals surface area contributed by atoms with Crippen LogP contribution in [0.15, 0.2) is 24.3 Å². The zero-order valence-electron chi connectivity index (χ0n) is 12.5. The van der Waals surface area contributed by atoms with Crippen LogP contribution < -0.4 is 0 Å². The molecule has 2 heterocycles. The fraction of sp³-hybridized carbons (Fsp3) is 0.588. The quantitative estimate of drug-likeness (QED) is 0.855. The second kappa shape index (κ2) is 6.15. The van der Waals surface area contributed by atoms with Gasteiger partial charge in [-0.3, -0.25) is 4.90 Å². The average Bonchev–Trinajstić information content (AvgIpc) is 2.93. The molecule has 2 aliphatic heterocycles. The summed E-state index contributed by atoms with van der Waals surface area (Å²) in [5.41, 5.74) is 2.00. The van der Waals surface area contributed by atoms with Crippen LogP contribution in [0.2, 0.25) is 0 Å². The van der Waals surface area contributed by atoms with Crippen molar-refractivity contribution in [2.45, 2.75) is 37.5 Å². The van der Waals surface area contributed by atoms with E-state index in [1.165, 1.54) is 5.56 Å². The molecule has 1 spiro atoms. The number of likely N-dealkylation sites (tertiary alicyclic amines) is 1. The molecule has 0 aliphatic carbocycles. The molecule has 0 bridgehead atoms. The van der Waals surface area contributed by atoms with Gasteiger partial charge in [-0.15, -0.1) is 0 Å². The van der Waals surface area contributed by atoms with Crippen LogP contribution in [0.5, 0.6) is 0 Å². The standard InChI is InChI=1S/C17H22N2O2/c1-20-16-10-17(21-13-16)5-7-19(8-6-17)12-15-4-2-3-14(9-15)11-18/h2-4,9,16H,5-8,10,12-13H2,1H3/t16-/m1/s1.